The van der Waals surface area contributed by atoms with E-state index in [4.69, 9.17) is 4.74 Å². The van der Waals surface area contributed by atoms with E-state index in [-0.39, 0.29) is 17.9 Å². The molecule has 2 rings (SSSR count). The molecule has 0 radical (unpaired) electrons. The summed E-state index contributed by atoms with van der Waals surface area (Å²) in [5, 5.41) is 5.59. The van der Waals surface area contributed by atoms with Crippen LogP contribution >= 0.6 is 0 Å². The van der Waals surface area contributed by atoms with Crippen molar-refractivity contribution in [3.8, 4) is 5.75 Å². The van der Waals surface area contributed by atoms with Gasteiger partial charge < -0.3 is 15.4 Å². The van der Waals surface area contributed by atoms with Crippen molar-refractivity contribution in [2.24, 2.45) is 0 Å². The number of carbonyl (C=O) groups is 2. The van der Waals surface area contributed by atoms with Gasteiger partial charge in [0.05, 0.1) is 7.11 Å². The smallest absolute Gasteiger partial charge is 0.255 e. The van der Waals surface area contributed by atoms with Crippen molar-refractivity contribution in [3.05, 3.63) is 59.7 Å². The molecule has 2 aromatic carbocycles. The zero-order valence-electron chi connectivity index (χ0n) is 13.4. The van der Waals surface area contributed by atoms with E-state index in [1.165, 1.54) is 0 Å². The fourth-order valence-electron chi connectivity index (χ4n) is 2.05. The van der Waals surface area contributed by atoms with Crippen LogP contribution in [0.3, 0.4) is 0 Å². The number of hydrogen-bond acceptors (Lipinski definition) is 3. The lowest BCUT2D eigenvalue weighted by molar-refractivity contribution is 0.0943. The molecule has 0 aliphatic heterocycles. The molecule has 23 heavy (non-hydrogen) atoms. The summed E-state index contributed by atoms with van der Waals surface area (Å²) in [5.41, 5.74) is 1.51. The van der Waals surface area contributed by atoms with E-state index in [2.05, 4.69) is 10.6 Å². The van der Waals surface area contributed by atoms with Crippen molar-refractivity contribution < 1.29 is 14.3 Å². The highest BCUT2D eigenvalue weighted by Crippen LogP contribution is 2.17. The lowest BCUT2D eigenvalue weighted by Gasteiger charge is -2.10. The van der Waals surface area contributed by atoms with Gasteiger partial charge in [0.2, 0.25) is 0 Å². The number of benzene rings is 2. The topological polar surface area (TPSA) is 67.4 Å². The average molecular weight is 312 g/mol. The first-order chi connectivity index (χ1) is 11.0. The lowest BCUT2D eigenvalue weighted by Crippen LogP contribution is -2.30. The van der Waals surface area contributed by atoms with E-state index in [0.717, 1.165) is 0 Å². The van der Waals surface area contributed by atoms with Gasteiger partial charge in [0.25, 0.3) is 11.8 Å². The van der Waals surface area contributed by atoms with E-state index in [0.29, 0.717) is 22.6 Å². The lowest BCUT2D eigenvalue weighted by atomic mass is 10.1. The Morgan fingerprint density at radius 3 is 2.26 bits per heavy atom. The van der Waals surface area contributed by atoms with Crippen molar-refractivity contribution in [1.82, 2.24) is 5.32 Å². The van der Waals surface area contributed by atoms with Gasteiger partial charge in [0.15, 0.2) is 0 Å². The first kappa shape index (κ1) is 16.5. The van der Waals surface area contributed by atoms with Crippen LogP contribution in [-0.2, 0) is 0 Å². The van der Waals surface area contributed by atoms with E-state index >= 15 is 0 Å². The second-order valence-electron chi connectivity index (χ2n) is 5.40. The van der Waals surface area contributed by atoms with Crippen LogP contribution in [0.1, 0.15) is 34.6 Å². The molecule has 0 bridgehead atoms. The summed E-state index contributed by atoms with van der Waals surface area (Å²) in [5.74, 6) is 0.182. The van der Waals surface area contributed by atoms with Crippen LogP contribution in [0, 0.1) is 0 Å². The number of hydrogen-bond donors (Lipinski definition) is 2. The van der Waals surface area contributed by atoms with E-state index in [1.54, 1.807) is 55.6 Å². The molecule has 0 heterocycles. The Morgan fingerprint density at radius 1 is 0.957 bits per heavy atom. The summed E-state index contributed by atoms with van der Waals surface area (Å²) >= 11 is 0. The third-order valence-electron chi connectivity index (χ3n) is 3.13. The highest BCUT2D eigenvalue weighted by Gasteiger charge is 2.11. The number of amides is 2. The SMILES string of the molecule is COc1cccc(NC(=O)c2cccc(C(=O)NC(C)C)c2)c1. The zero-order valence-corrected chi connectivity index (χ0v) is 13.4. The second kappa shape index (κ2) is 7.45. The Hall–Kier alpha value is -2.82. The van der Waals surface area contributed by atoms with Crippen LogP contribution in [0.2, 0.25) is 0 Å². The summed E-state index contributed by atoms with van der Waals surface area (Å²) < 4.78 is 5.13. The summed E-state index contributed by atoms with van der Waals surface area (Å²) in [6.45, 7) is 3.77. The van der Waals surface area contributed by atoms with Crippen LogP contribution in [-0.4, -0.2) is 25.0 Å². The number of ether oxygens (including phenoxy) is 1. The van der Waals surface area contributed by atoms with Gasteiger partial charge in [-0.2, -0.15) is 0 Å². The van der Waals surface area contributed by atoms with Crippen molar-refractivity contribution in [1.29, 1.82) is 0 Å². The Labute approximate surface area is 135 Å². The molecule has 0 spiro atoms. The first-order valence-corrected chi connectivity index (χ1v) is 7.36. The second-order valence-corrected chi connectivity index (χ2v) is 5.40. The Kier molecular flexibility index (Phi) is 5.36. The Balaban J connectivity index is 2.14. The molecule has 2 amide bonds. The van der Waals surface area contributed by atoms with Crippen molar-refractivity contribution >= 4 is 17.5 Å². The van der Waals surface area contributed by atoms with Gasteiger partial charge in [-0.25, -0.2) is 0 Å². The maximum absolute atomic E-state index is 12.3. The fourth-order valence-corrected chi connectivity index (χ4v) is 2.05. The highest BCUT2D eigenvalue weighted by atomic mass is 16.5. The molecule has 2 aromatic rings. The van der Waals surface area contributed by atoms with Gasteiger partial charge in [-0.1, -0.05) is 12.1 Å². The molecule has 0 atom stereocenters. The van der Waals surface area contributed by atoms with Gasteiger partial charge in [0.1, 0.15) is 5.75 Å². The minimum Gasteiger partial charge on any atom is -0.497 e. The molecule has 0 saturated heterocycles. The molecule has 0 fully saturated rings. The molecule has 0 aliphatic carbocycles. The minimum atomic E-state index is -0.280. The number of methoxy groups -OCH3 is 1. The first-order valence-electron chi connectivity index (χ1n) is 7.36. The van der Waals surface area contributed by atoms with Crippen LogP contribution in [0.5, 0.6) is 5.75 Å². The quantitative estimate of drug-likeness (QED) is 0.891. The summed E-state index contributed by atoms with van der Waals surface area (Å²) in [7, 11) is 1.57. The molecular weight excluding hydrogens is 292 g/mol. The third kappa shape index (κ3) is 4.57. The van der Waals surface area contributed by atoms with Crippen molar-refractivity contribution in [2.75, 3.05) is 12.4 Å². The monoisotopic (exact) mass is 312 g/mol. The maximum Gasteiger partial charge on any atom is 0.255 e. The fraction of sp³-hybridized carbons (Fsp3) is 0.222. The Morgan fingerprint density at radius 2 is 1.61 bits per heavy atom. The predicted octanol–water partition coefficient (Wildman–Crippen LogP) is 3.09. The molecule has 0 aromatic heterocycles. The predicted molar refractivity (Wildman–Crippen MR) is 90.0 cm³/mol. The van der Waals surface area contributed by atoms with Gasteiger partial charge >= 0.3 is 0 Å². The molecule has 5 nitrogen and oxygen atoms in total. The summed E-state index contributed by atoms with van der Waals surface area (Å²) in [6.07, 6.45) is 0. The van der Waals surface area contributed by atoms with Gasteiger partial charge in [-0.05, 0) is 44.2 Å². The van der Waals surface area contributed by atoms with Crippen LogP contribution < -0.4 is 15.4 Å². The number of rotatable bonds is 5. The normalized spacial score (nSPS) is 10.3. The third-order valence-corrected chi connectivity index (χ3v) is 3.13. The number of carbonyl (C=O) groups excluding carboxylic acids is 2. The van der Waals surface area contributed by atoms with Crippen LogP contribution in [0.4, 0.5) is 5.69 Å². The average Bonchev–Trinajstić information content (AvgIpc) is 2.54. The van der Waals surface area contributed by atoms with Gasteiger partial charge in [-0.15, -0.1) is 0 Å². The number of anilines is 1. The molecular formula is C18H20N2O3. The standard InChI is InChI=1S/C18H20N2O3/c1-12(2)19-17(21)13-6-4-7-14(10-13)18(22)20-15-8-5-9-16(11-15)23-3/h4-12H,1-3H3,(H,19,21)(H,20,22). The van der Waals surface area contributed by atoms with Crippen LogP contribution in [0.25, 0.3) is 0 Å². The highest BCUT2D eigenvalue weighted by molar-refractivity contribution is 6.06. The minimum absolute atomic E-state index is 0.0387. The van der Waals surface area contributed by atoms with E-state index < -0.39 is 0 Å². The van der Waals surface area contributed by atoms with E-state index in [9.17, 15) is 9.59 Å². The molecule has 0 aliphatic rings. The Bertz CT molecular complexity index is 711. The molecule has 5 heteroatoms. The van der Waals surface area contributed by atoms with Crippen molar-refractivity contribution in [2.45, 2.75) is 19.9 Å². The molecule has 0 unspecified atom stereocenters. The van der Waals surface area contributed by atoms with Crippen LogP contribution in [0.15, 0.2) is 48.5 Å². The molecule has 2 N–H and O–H groups in total. The molecule has 120 valence electrons. The van der Waals surface area contributed by atoms with Crippen molar-refractivity contribution in [3.63, 3.8) is 0 Å². The summed E-state index contributed by atoms with van der Waals surface area (Å²) in [4.78, 5) is 24.3. The molecule has 0 saturated carbocycles. The summed E-state index contributed by atoms with van der Waals surface area (Å²) in [6, 6.07) is 13.7. The van der Waals surface area contributed by atoms with Gasteiger partial charge in [-0.3, -0.25) is 9.59 Å². The van der Waals surface area contributed by atoms with E-state index in [1.807, 2.05) is 13.8 Å². The largest absolute Gasteiger partial charge is 0.497 e. The maximum atomic E-state index is 12.3. The number of nitrogens with one attached hydrogen (secondary N) is 2. The van der Waals surface area contributed by atoms with Gasteiger partial charge in [0, 0.05) is 28.9 Å². The zero-order chi connectivity index (χ0) is 16.8.